The molecule has 0 unspecified atom stereocenters. The molecule has 1 aromatic carbocycles. The summed E-state index contributed by atoms with van der Waals surface area (Å²) in [5, 5.41) is 0.958. The number of carbonyl (C=O) groups excluding carboxylic acids is 1. The first kappa shape index (κ1) is 11.7. The minimum Gasteiger partial charge on any atom is -0.465 e. The second kappa shape index (κ2) is 4.62. The van der Waals surface area contributed by atoms with Crippen molar-refractivity contribution in [2.24, 2.45) is 0 Å². The molecule has 0 fully saturated rings. The first-order valence-electron chi connectivity index (χ1n) is 5.83. The number of esters is 1. The molecule has 0 spiro atoms. The zero-order valence-electron chi connectivity index (χ0n) is 10.4. The van der Waals surface area contributed by atoms with Gasteiger partial charge in [-0.3, -0.25) is 0 Å². The molecule has 0 radical (unpaired) electrons. The predicted molar refractivity (Wildman–Crippen MR) is 66.3 cm³/mol. The van der Waals surface area contributed by atoms with Crippen LogP contribution in [-0.2, 0) is 17.6 Å². The number of rotatable bonds is 3. The van der Waals surface area contributed by atoms with Gasteiger partial charge in [-0.05, 0) is 18.1 Å². The number of carbonyl (C=O) groups is 1. The van der Waals surface area contributed by atoms with Gasteiger partial charge in [-0.2, -0.15) is 0 Å². The summed E-state index contributed by atoms with van der Waals surface area (Å²) in [6.07, 6.45) is 1.60. The molecule has 0 saturated heterocycles. The highest BCUT2D eigenvalue weighted by Crippen LogP contribution is 2.27. The minimum atomic E-state index is -0.329. The van der Waals surface area contributed by atoms with E-state index < -0.39 is 0 Å². The van der Waals surface area contributed by atoms with E-state index >= 15 is 0 Å². The number of hydrogen-bond acceptors (Lipinski definition) is 3. The van der Waals surface area contributed by atoms with Crippen LogP contribution in [0, 0.1) is 0 Å². The molecular formula is C14H16O3. The Balaban J connectivity index is 2.72. The van der Waals surface area contributed by atoms with Gasteiger partial charge in [0.1, 0.15) is 16.9 Å². The summed E-state index contributed by atoms with van der Waals surface area (Å²) in [4.78, 5) is 11.8. The van der Waals surface area contributed by atoms with Crippen LogP contribution in [0.5, 0.6) is 0 Å². The van der Waals surface area contributed by atoms with Crippen molar-refractivity contribution in [2.45, 2.75) is 26.7 Å². The predicted octanol–water partition coefficient (Wildman–Crippen LogP) is 3.34. The van der Waals surface area contributed by atoms with E-state index in [1.54, 1.807) is 0 Å². The Morgan fingerprint density at radius 3 is 2.65 bits per heavy atom. The fourth-order valence-corrected chi connectivity index (χ4v) is 1.99. The van der Waals surface area contributed by atoms with Crippen LogP contribution in [0.2, 0.25) is 0 Å². The van der Waals surface area contributed by atoms with Gasteiger partial charge in [-0.25, -0.2) is 4.79 Å². The third-order valence-electron chi connectivity index (χ3n) is 2.94. The molecule has 2 rings (SSSR count). The summed E-state index contributed by atoms with van der Waals surface area (Å²) in [5.41, 5.74) is 2.17. The first-order valence-corrected chi connectivity index (χ1v) is 5.83. The van der Waals surface area contributed by atoms with E-state index in [1.165, 1.54) is 7.11 Å². The topological polar surface area (TPSA) is 39.4 Å². The van der Waals surface area contributed by atoms with Crippen molar-refractivity contribution in [1.82, 2.24) is 0 Å². The third-order valence-corrected chi connectivity index (χ3v) is 2.94. The second-order valence-electron chi connectivity index (χ2n) is 3.93. The molecule has 90 valence electrons. The van der Waals surface area contributed by atoms with Crippen LogP contribution in [0.15, 0.2) is 22.6 Å². The van der Waals surface area contributed by atoms with Crippen molar-refractivity contribution in [3.05, 3.63) is 35.1 Å². The first-order chi connectivity index (χ1) is 8.21. The van der Waals surface area contributed by atoms with E-state index in [0.29, 0.717) is 11.1 Å². The lowest BCUT2D eigenvalue weighted by Crippen LogP contribution is -2.05. The quantitative estimate of drug-likeness (QED) is 0.762. The lowest BCUT2D eigenvalue weighted by atomic mass is 10.0. The van der Waals surface area contributed by atoms with Gasteiger partial charge in [-0.1, -0.05) is 26.0 Å². The van der Waals surface area contributed by atoms with E-state index in [2.05, 4.69) is 0 Å². The molecule has 1 heterocycles. The van der Waals surface area contributed by atoms with Crippen molar-refractivity contribution in [1.29, 1.82) is 0 Å². The number of fused-ring (bicyclic) bond motifs is 1. The summed E-state index contributed by atoms with van der Waals surface area (Å²) in [6.45, 7) is 4.04. The number of methoxy groups -OCH3 is 1. The lowest BCUT2D eigenvalue weighted by Gasteiger charge is -2.06. The van der Waals surface area contributed by atoms with Crippen LogP contribution in [0.25, 0.3) is 11.0 Å². The van der Waals surface area contributed by atoms with Crippen molar-refractivity contribution >= 4 is 16.9 Å². The Morgan fingerprint density at radius 2 is 2.06 bits per heavy atom. The fourth-order valence-electron chi connectivity index (χ4n) is 1.99. The van der Waals surface area contributed by atoms with Gasteiger partial charge in [0, 0.05) is 11.8 Å². The fraction of sp³-hybridized carbons (Fsp3) is 0.357. The van der Waals surface area contributed by atoms with Gasteiger partial charge in [0.2, 0.25) is 0 Å². The van der Waals surface area contributed by atoms with Gasteiger partial charge in [0.05, 0.1) is 7.11 Å². The highest BCUT2D eigenvalue weighted by Gasteiger charge is 2.18. The van der Waals surface area contributed by atoms with Crippen molar-refractivity contribution in [2.75, 3.05) is 7.11 Å². The van der Waals surface area contributed by atoms with Gasteiger partial charge >= 0.3 is 5.97 Å². The molecule has 0 aliphatic heterocycles. The maximum atomic E-state index is 11.8. The largest absolute Gasteiger partial charge is 0.465 e. The van der Waals surface area contributed by atoms with E-state index in [0.717, 1.165) is 29.6 Å². The number of aryl methyl sites for hydroxylation is 2. The zero-order chi connectivity index (χ0) is 12.4. The Bertz CT molecular complexity index is 552. The molecule has 3 heteroatoms. The molecule has 0 saturated carbocycles. The van der Waals surface area contributed by atoms with Crippen molar-refractivity contribution in [3.8, 4) is 0 Å². The Labute approximate surface area is 100 Å². The van der Waals surface area contributed by atoms with E-state index in [9.17, 15) is 4.79 Å². The highest BCUT2D eigenvalue weighted by molar-refractivity contribution is 6.03. The number of hydrogen-bond donors (Lipinski definition) is 0. The van der Waals surface area contributed by atoms with Crippen LogP contribution in [0.1, 0.15) is 35.5 Å². The van der Waals surface area contributed by atoms with Crippen LogP contribution < -0.4 is 0 Å². The van der Waals surface area contributed by atoms with Gasteiger partial charge < -0.3 is 9.15 Å². The molecule has 1 aromatic heterocycles. The Morgan fingerprint density at radius 1 is 1.29 bits per heavy atom. The van der Waals surface area contributed by atoms with Crippen LogP contribution >= 0.6 is 0 Å². The standard InChI is InChI=1S/C14H16O3/c1-4-9-6-7-10-8-11(5-2)17-13(10)12(9)14(15)16-3/h6-8H,4-5H2,1-3H3. The Hall–Kier alpha value is -1.77. The monoisotopic (exact) mass is 232 g/mol. The number of furan rings is 1. The van der Waals surface area contributed by atoms with Gasteiger partial charge in [0.15, 0.2) is 0 Å². The zero-order valence-corrected chi connectivity index (χ0v) is 10.4. The molecule has 0 amide bonds. The van der Waals surface area contributed by atoms with Gasteiger partial charge in [0.25, 0.3) is 0 Å². The molecule has 0 aliphatic rings. The van der Waals surface area contributed by atoms with Crippen LogP contribution in [0.4, 0.5) is 0 Å². The summed E-state index contributed by atoms with van der Waals surface area (Å²) < 4.78 is 10.5. The second-order valence-corrected chi connectivity index (χ2v) is 3.93. The van der Waals surface area contributed by atoms with Crippen LogP contribution in [-0.4, -0.2) is 13.1 Å². The average Bonchev–Trinajstić information content (AvgIpc) is 2.79. The van der Waals surface area contributed by atoms with E-state index in [4.69, 9.17) is 9.15 Å². The maximum Gasteiger partial charge on any atom is 0.341 e. The van der Waals surface area contributed by atoms with E-state index in [1.807, 2.05) is 32.0 Å². The highest BCUT2D eigenvalue weighted by atomic mass is 16.5. The molecule has 17 heavy (non-hydrogen) atoms. The Kier molecular flexibility index (Phi) is 3.18. The smallest absolute Gasteiger partial charge is 0.341 e. The molecule has 3 nitrogen and oxygen atoms in total. The molecular weight excluding hydrogens is 216 g/mol. The average molecular weight is 232 g/mol. The summed E-state index contributed by atoms with van der Waals surface area (Å²) in [5.74, 6) is 0.558. The molecule has 2 aromatic rings. The number of benzene rings is 1. The van der Waals surface area contributed by atoms with Crippen LogP contribution in [0.3, 0.4) is 0 Å². The maximum absolute atomic E-state index is 11.8. The molecule has 0 bridgehead atoms. The van der Waals surface area contributed by atoms with Gasteiger partial charge in [-0.15, -0.1) is 0 Å². The summed E-state index contributed by atoms with van der Waals surface area (Å²) in [7, 11) is 1.39. The summed E-state index contributed by atoms with van der Waals surface area (Å²) >= 11 is 0. The van der Waals surface area contributed by atoms with Crippen molar-refractivity contribution in [3.63, 3.8) is 0 Å². The normalized spacial score (nSPS) is 10.8. The molecule has 0 atom stereocenters. The molecule has 0 N–H and O–H groups in total. The number of ether oxygens (including phenoxy) is 1. The van der Waals surface area contributed by atoms with E-state index in [-0.39, 0.29) is 5.97 Å². The SMILES string of the molecule is CCc1cc2ccc(CC)c(C(=O)OC)c2o1. The minimum absolute atomic E-state index is 0.329. The summed E-state index contributed by atoms with van der Waals surface area (Å²) in [6, 6.07) is 5.92. The lowest BCUT2D eigenvalue weighted by molar-refractivity contribution is 0.0600. The third kappa shape index (κ3) is 1.93. The molecule has 0 aliphatic carbocycles. The van der Waals surface area contributed by atoms with Crippen molar-refractivity contribution < 1.29 is 13.9 Å².